The summed E-state index contributed by atoms with van der Waals surface area (Å²) < 4.78 is 22.9. The lowest BCUT2D eigenvalue weighted by Crippen LogP contribution is -2.59. The van der Waals surface area contributed by atoms with Crippen LogP contribution >= 0.6 is 0 Å². The molecule has 0 aromatic carbocycles. The maximum absolute atomic E-state index is 12.8. The highest BCUT2D eigenvalue weighted by Gasteiger charge is 2.44. The number of allylic oxidation sites excluding steroid dienone is 10. The van der Waals surface area contributed by atoms with E-state index in [1.54, 1.807) is 0 Å². The molecule has 372 valence electrons. The third-order valence-corrected chi connectivity index (χ3v) is 11.9. The molecule has 1 aliphatic heterocycles. The highest BCUT2D eigenvalue weighted by Crippen LogP contribution is 2.23. The molecule has 0 amide bonds. The fourth-order valence-corrected chi connectivity index (χ4v) is 7.83. The minimum absolute atomic E-state index is 0.125. The molecule has 0 spiro atoms. The molecule has 1 fully saturated rings. The highest BCUT2D eigenvalue weighted by molar-refractivity contribution is 5.69. The molecule has 1 rings (SSSR count). The Hall–Kier alpha value is -2.11. The first kappa shape index (κ1) is 59.9. The number of aliphatic hydroxyl groups excluding tert-OH is 4. The summed E-state index contributed by atoms with van der Waals surface area (Å²) in [5.74, 6) is -0.336. The minimum Gasteiger partial charge on any atom is -0.457 e. The smallest absolute Gasteiger partial charge is 0.306 e. The zero-order valence-electron chi connectivity index (χ0n) is 41.0. The number of carbonyl (C=O) groups is 1. The van der Waals surface area contributed by atoms with Gasteiger partial charge in [-0.3, -0.25) is 4.79 Å². The number of aliphatic hydroxyl groups is 4. The second-order valence-electron chi connectivity index (χ2n) is 17.9. The maximum atomic E-state index is 12.8. The van der Waals surface area contributed by atoms with Crippen molar-refractivity contribution in [2.45, 2.75) is 256 Å². The lowest BCUT2D eigenvalue weighted by molar-refractivity contribution is -0.305. The zero-order valence-corrected chi connectivity index (χ0v) is 41.0. The molecule has 0 bridgehead atoms. The molecule has 9 nitrogen and oxygen atoms in total. The molecule has 9 heteroatoms. The first-order valence-corrected chi connectivity index (χ1v) is 26.4. The fraction of sp³-hybridized carbons (Fsp3) is 0.800. The number of ether oxygens (including phenoxy) is 4. The van der Waals surface area contributed by atoms with Crippen LogP contribution in [0, 0.1) is 0 Å². The van der Waals surface area contributed by atoms with Gasteiger partial charge < -0.3 is 39.4 Å². The summed E-state index contributed by atoms with van der Waals surface area (Å²) in [4.78, 5) is 12.8. The molecule has 6 atom stereocenters. The van der Waals surface area contributed by atoms with E-state index in [1.165, 1.54) is 128 Å². The lowest BCUT2D eigenvalue weighted by atomic mass is 9.99. The first-order chi connectivity index (χ1) is 31.4. The average Bonchev–Trinajstić information content (AvgIpc) is 3.30. The van der Waals surface area contributed by atoms with Gasteiger partial charge in [0, 0.05) is 13.0 Å². The Bertz CT molecular complexity index is 1160. The Morgan fingerprint density at radius 1 is 0.516 bits per heavy atom. The fourth-order valence-electron chi connectivity index (χ4n) is 7.83. The predicted molar refractivity (Wildman–Crippen MR) is 265 cm³/mol. The van der Waals surface area contributed by atoms with E-state index in [4.69, 9.17) is 18.9 Å². The molecule has 0 saturated carbocycles. The highest BCUT2D eigenvalue weighted by atomic mass is 16.7. The average molecular weight is 903 g/mol. The van der Waals surface area contributed by atoms with Gasteiger partial charge in [0.15, 0.2) is 6.29 Å². The van der Waals surface area contributed by atoms with Crippen molar-refractivity contribution in [2.75, 3.05) is 26.4 Å². The summed E-state index contributed by atoms with van der Waals surface area (Å²) in [6.45, 7) is 4.43. The van der Waals surface area contributed by atoms with Gasteiger partial charge in [0.05, 0.1) is 19.8 Å². The molecule has 0 aliphatic carbocycles. The van der Waals surface area contributed by atoms with Crippen molar-refractivity contribution in [3.8, 4) is 0 Å². The number of rotatable bonds is 45. The van der Waals surface area contributed by atoms with E-state index in [9.17, 15) is 25.2 Å². The second kappa shape index (κ2) is 46.0. The maximum Gasteiger partial charge on any atom is 0.306 e. The van der Waals surface area contributed by atoms with Crippen molar-refractivity contribution in [3.63, 3.8) is 0 Å². The van der Waals surface area contributed by atoms with E-state index in [0.717, 1.165) is 70.6 Å². The standard InChI is InChI=1S/C55H98O9/c1-3-5-7-9-11-13-15-17-19-21-22-23-24-25-26-27-29-31-33-35-37-39-41-43-45-61-47-49(48-62-55-54(60)53(59)52(58)50(46-56)64-55)63-51(57)44-42-40-38-36-34-32-30-28-20-18-16-14-12-10-8-6-4-2/h6,8,12,14,18,20-22,30,32,49-50,52-56,58-60H,3-5,7,9-11,13,15-17,19,23-29,31,33-48H2,1-2H3/b8-6-,14-12-,20-18-,22-21-,32-30-. The van der Waals surface area contributed by atoms with Crippen LogP contribution in [-0.4, -0.2) is 89.6 Å². The summed E-state index contributed by atoms with van der Waals surface area (Å²) in [5.41, 5.74) is 0. The van der Waals surface area contributed by atoms with Gasteiger partial charge in [0.25, 0.3) is 0 Å². The summed E-state index contributed by atoms with van der Waals surface area (Å²) in [6, 6.07) is 0. The van der Waals surface area contributed by atoms with E-state index in [-0.39, 0.29) is 25.6 Å². The number of carbonyl (C=O) groups excluding carboxylic acids is 1. The third kappa shape index (κ3) is 36.1. The van der Waals surface area contributed by atoms with Crippen LogP contribution in [0.1, 0.15) is 219 Å². The number of esters is 1. The SMILES string of the molecule is CC/C=C\C/C=C\C/C=C\C/C=C\CCCCCCC(=O)OC(COCCCCCCCCCCCCCC/C=C\CCCCCCCCCC)COC1OC(CO)C(O)C(O)C1O. The van der Waals surface area contributed by atoms with Crippen LogP contribution in [-0.2, 0) is 23.7 Å². The Balaban J connectivity index is 2.19. The lowest BCUT2D eigenvalue weighted by Gasteiger charge is -2.39. The molecule has 0 radical (unpaired) electrons. The van der Waals surface area contributed by atoms with Crippen LogP contribution < -0.4 is 0 Å². The molecule has 4 N–H and O–H groups in total. The first-order valence-electron chi connectivity index (χ1n) is 26.4. The Kier molecular flexibility index (Phi) is 43.1. The third-order valence-electron chi connectivity index (χ3n) is 11.9. The van der Waals surface area contributed by atoms with E-state index < -0.39 is 43.4 Å². The summed E-state index contributed by atoms with van der Waals surface area (Å²) in [7, 11) is 0. The van der Waals surface area contributed by atoms with Crippen molar-refractivity contribution in [2.24, 2.45) is 0 Å². The van der Waals surface area contributed by atoms with Gasteiger partial charge in [-0.2, -0.15) is 0 Å². The molecule has 1 heterocycles. The summed E-state index contributed by atoms with van der Waals surface area (Å²) >= 11 is 0. The quantitative estimate of drug-likeness (QED) is 0.0268. The normalized spacial score (nSPS) is 20.0. The van der Waals surface area contributed by atoms with Crippen molar-refractivity contribution < 1.29 is 44.2 Å². The van der Waals surface area contributed by atoms with Crippen molar-refractivity contribution in [1.82, 2.24) is 0 Å². The molecule has 1 aliphatic rings. The van der Waals surface area contributed by atoms with Gasteiger partial charge in [0.1, 0.15) is 30.5 Å². The van der Waals surface area contributed by atoms with Crippen molar-refractivity contribution in [3.05, 3.63) is 60.8 Å². The monoisotopic (exact) mass is 903 g/mol. The van der Waals surface area contributed by atoms with Gasteiger partial charge in [-0.05, 0) is 77.0 Å². The van der Waals surface area contributed by atoms with Crippen LogP contribution in [0.25, 0.3) is 0 Å². The number of unbranched alkanes of at least 4 members (excludes halogenated alkanes) is 24. The van der Waals surface area contributed by atoms with Gasteiger partial charge in [-0.15, -0.1) is 0 Å². The zero-order chi connectivity index (χ0) is 46.4. The van der Waals surface area contributed by atoms with Crippen LogP contribution in [0.5, 0.6) is 0 Å². The second-order valence-corrected chi connectivity index (χ2v) is 17.9. The van der Waals surface area contributed by atoms with E-state index >= 15 is 0 Å². The van der Waals surface area contributed by atoms with Crippen LogP contribution in [0.2, 0.25) is 0 Å². The Labute approximate surface area is 392 Å². The largest absolute Gasteiger partial charge is 0.457 e. The summed E-state index contributed by atoms with van der Waals surface area (Å²) in [5, 5.41) is 40.3. The van der Waals surface area contributed by atoms with Gasteiger partial charge in [0.2, 0.25) is 0 Å². The van der Waals surface area contributed by atoms with Gasteiger partial charge >= 0.3 is 5.97 Å². The van der Waals surface area contributed by atoms with E-state index in [2.05, 4.69) is 74.6 Å². The van der Waals surface area contributed by atoms with Crippen LogP contribution in [0.15, 0.2) is 60.8 Å². The van der Waals surface area contributed by atoms with Gasteiger partial charge in [-0.25, -0.2) is 0 Å². The predicted octanol–water partition coefficient (Wildman–Crippen LogP) is 13.0. The molecular weight excluding hydrogens is 805 g/mol. The number of hydrogen-bond donors (Lipinski definition) is 4. The molecule has 64 heavy (non-hydrogen) atoms. The Morgan fingerprint density at radius 3 is 1.45 bits per heavy atom. The molecule has 0 aromatic rings. The van der Waals surface area contributed by atoms with Crippen LogP contribution in [0.3, 0.4) is 0 Å². The van der Waals surface area contributed by atoms with E-state index in [1.807, 2.05) is 0 Å². The Morgan fingerprint density at radius 2 is 0.953 bits per heavy atom. The summed E-state index contributed by atoms with van der Waals surface area (Å²) in [6.07, 6.45) is 52.6. The van der Waals surface area contributed by atoms with Gasteiger partial charge in [-0.1, -0.05) is 197 Å². The minimum atomic E-state index is -1.54. The molecule has 1 saturated heterocycles. The van der Waals surface area contributed by atoms with Crippen LogP contribution in [0.4, 0.5) is 0 Å². The number of hydrogen-bond acceptors (Lipinski definition) is 9. The van der Waals surface area contributed by atoms with E-state index in [0.29, 0.717) is 6.61 Å². The molecular formula is C55H98O9. The molecule has 6 unspecified atom stereocenters. The molecule has 0 aromatic heterocycles. The topological polar surface area (TPSA) is 135 Å². The van der Waals surface area contributed by atoms with Crippen molar-refractivity contribution in [1.29, 1.82) is 0 Å². The van der Waals surface area contributed by atoms with Crippen molar-refractivity contribution >= 4 is 5.97 Å².